The zero-order chi connectivity index (χ0) is 13.8. The van der Waals surface area contributed by atoms with Crippen molar-refractivity contribution in [3.8, 4) is 0 Å². The zero-order valence-electron chi connectivity index (χ0n) is 10.4. The lowest BCUT2D eigenvalue weighted by atomic mass is 10.3. The molecule has 0 unspecified atom stereocenters. The molecule has 2 rings (SSSR count). The van der Waals surface area contributed by atoms with Gasteiger partial charge in [0.15, 0.2) is 0 Å². The molecule has 0 fully saturated rings. The van der Waals surface area contributed by atoms with Crippen LogP contribution < -0.4 is 5.32 Å². The Morgan fingerprint density at radius 3 is 2.79 bits per heavy atom. The Labute approximate surface area is 128 Å². The summed E-state index contributed by atoms with van der Waals surface area (Å²) in [5.41, 5.74) is 0.624. The second-order valence-electron chi connectivity index (χ2n) is 4.05. The number of rotatable bonds is 4. The summed E-state index contributed by atoms with van der Waals surface area (Å²) in [5, 5.41) is 2.79. The summed E-state index contributed by atoms with van der Waals surface area (Å²) in [7, 11) is 0. The van der Waals surface area contributed by atoms with E-state index in [9.17, 15) is 4.79 Å². The fourth-order valence-electron chi connectivity index (χ4n) is 1.72. The smallest absolute Gasteiger partial charge is 0.273 e. The largest absolute Gasteiger partial charge is 0.342 e. The van der Waals surface area contributed by atoms with Crippen molar-refractivity contribution in [2.75, 3.05) is 5.32 Å². The topological polar surface area (TPSA) is 46.9 Å². The Hall–Kier alpha value is -1.14. The Balaban J connectivity index is 2.17. The molecule has 19 heavy (non-hydrogen) atoms. The molecule has 1 amide bonds. The number of amides is 1. The molecule has 0 atom stereocenters. The third-order valence-corrected chi connectivity index (χ3v) is 3.43. The van der Waals surface area contributed by atoms with E-state index in [0.717, 1.165) is 21.9 Å². The second kappa shape index (κ2) is 6.34. The number of halogens is 2. The molecule has 2 aromatic heterocycles. The van der Waals surface area contributed by atoms with Gasteiger partial charge in [-0.3, -0.25) is 4.79 Å². The van der Waals surface area contributed by atoms with Gasteiger partial charge in [0, 0.05) is 27.9 Å². The Morgan fingerprint density at radius 1 is 1.37 bits per heavy atom. The van der Waals surface area contributed by atoms with Crippen LogP contribution in [0.25, 0.3) is 0 Å². The molecule has 6 heteroatoms. The third kappa shape index (κ3) is 3.67. The number of pyridine rings is 1. The van der Waals surface area contributed by atoms with E-state index in [4.69, 9.17) is 0 Å². The lowest BCUT2D eigenvalue weighted by Crippen LogP contribution is -2.17. The first kappa shape index (κ1) is 14.3. The van der Waals surface area contributed by atoms with Gasteiger partial charge < -0.3 is 9.88 Å². The summed E-state index contributed by atoms with van der Waals surface area (Å²) >= 11 is 6.70. The maximum Gasteiger partial charge on any atom is 0.273 e. The van der Waals surface area contributed by atoms with E-state index in [1.807, 2.05) is 22.9 Å². The SMILES string of the molecule is CCCn1cc(Br)cc1C(=O)Nc1ccc(Br)cn1. The van der Waals surface area contributed by atoms with Gasteiger partial charge in [-0.25, -0.2) is 4.98 Å². The summed E-state index contributed by atoms with van der Waals surface area (Å²) in [6.07, 6.45) is 4.53. The van der Waals surface area contributed by atoms with Gasteiger partial charge in [-0.1, -0.05) is 6.92 Å². The molecule has 0 radical (unpaired) electrons. The Morgan fingerprint density at radius 2 is 2.16 bits per heavy atom. The van der Waals surface area contributed by atoms with E-state index in [-0.39, 0.29) is 5.91 Å². The molecule has 100 valence electrons. The molecule has 2 aromatic rings. The first-order valence-corrected chi connectivity index (χ1v) is 7.47. The summed E-state index contributed by atoms with van der Waals surface area (Å²) in [5.74, 6) is 0.377. The van der Waals surface area contributed by atoms with Crippen LogP contribution in [-0.2, 0) is 6.54 Å². The van der Waals surface area contributed by atoms with E-state index < -0.39 is 0 Å². The van der Waals surface area contributed by atoms with Crippen LogP contribution >= 0.6 is 31.9 Å². The van der Waals surface area contributed by atoms with Crippen LogP contribution in [0.1, 0.15) is 23.8 Å². The fraction of sp³-hybridized carbons (Fsp3) is 0.231. The monoisotopic (exact) mass is 385 g/mol. The van der Waals surface area contributed by atoms with Gasteiger partial charge in [-0.15, -0.1) is 0 Å². The van der Waals surface area contributed by atoms with E-state index in [1.165, 1.54) is 0 Å². The van der Waals surface area contributed by atoms with Crippen LogP contribution in [0.3, 0.4) is 0 Å². The quantitative estimate of drug-likeness (QED) is 0.860. The molecule has 0 aliphatic heterocycles. The van der Waals surface area contributed by atoms with Crippen molar-refractivity contribution in [1.82, 2.24) is 9.55 Å². The lowest BCUT2D eigenvalue weighted by Gasteiger charge is -2.08. The highest BCUT2D eigenvalue weighted by Gasteiger charge is 2.13. The number of nitrogens with one attached hydrogen (secondary N) is 1. The van der Waals surface area contributed by atoms with Crippen molar-refractivity contribution >= 4 is 43.6 Å². The number of nitrogens with zero attached hydrogens (tertiary/aromatic N) is 2. The number of aryl methyl sites for hydroxylation is 1. The first-order chi connectivity index (χ1) is 9.10. The number of anilines is 1. The maximum atomic E-state index is 12.2. The molecule has 1 N–H and O–H groups in total. The molecular weight excluding hydrogens is 374 g/mol. The third-order valence-electron chi connectivity index (χ3n) is 2.53. The molecule has 0 aliphatic rings. The van der Waals surface area contributed by atoms with Gasteiger partial charge in [0.2, 0.25) is 0 Å². The number of carbonyl (C=O) groups is 1. The molecule has 0 bridgehead atoms. The van der Waals surface area contributed by atoms with Gasteiger partial charge >= 0.3 is 0 Å². The number of hydrogen-bond donors (Lipinski definition) is 1. The van der Waals surface area contributed by atoms with Gasteiger partial charge in [-0.05, 0) is 56.5 Å². The lowest BCUT2D eigenvalue weighted by molar-refractivity contribution is 0.101. The van der Waals surface area contributed by atoms with Crippen LogP contribution in [0.4, 0.5) is 5.82 Å². The van der Waals surface area contributed by atoms with E-state index in [1.54, 1.807) is 12.3 Å². The minimum atomic E-state index is -0.158. The second-order valence-corrected chi connectivity index (χ2v) is 5.88. The summed E-state index contributed by atoms with van der Waals surface area (Å²) in [6, 6.07) is 5.40. The van der Waals surface area contributed by atoms with Crippen LogP contribution in [0, 0.1) is 0 Å². The van der Waals surface area contributed by atoms with Crippen LogP contribution in [0.15, 0.2) is 39.5 Å². The van der Waals surface area contributed by atoms with E-state index in [0.29, 0.717) is 11.5 Å². The van der Waals surface area contributed by atoms with Crippen molar-refractivity contribution < 1.29 is 4.79 Å². The predicted octanol–water partition coefficient (Wildman–Crippen LogP) is 4.07. The Bertz CT molecular complexity index is 578. The normalized spacial score (nSPS) is 10.5. The maximum absolute atomic E-state index is 12.2. The van der Waals surface area contributed by atoms with Crippen LogP contribution in [-0.4, -0.2) is 15.5 Å². The summed E-state index contributed by atoms with van der Waals surface area (Å²) in [4.78, 5) is 16.3. The van der Waals surface area contributed by atoms with Crippen molar-refractivity contribution in [3.63, 3.8) is 0 Å². The molecular formula is C13H13Br2N3O. The van der Waals surface area contributed by atoms with Crippen LogP contribution in [0.2, 0.25) is 0 Å². The zero-order valence-corrected chi connectivity index (χ0v) is 13.5. The number of carbonyl (C=O) groups excluding carboxylic acids is 1. The minimum Gasteiger partial charge on any atom is -0.342 e. The van der Waals surface area contributed by atoms with Crippen molar-refractivity contribution in [2.45, 2.75) is 19.9 Å². The average molecular weight is 387 g/mol. The molecule has 2 heterocycles. The highest BCUT2D eigenvalue weighted by atomic mass is 79.9. The van der Waals surface area contributed by atoms with Gasteiger partial charge in [0.05, 0.1) is 0 Å². The van der Waals surface area contributed by atoms with Gasteiger partial charge in [0.1, 0.15) is 11.5 Å². The molecule has 0 spiro atoms. The summed E-state index contributed by atoms with van der Waals surface area (Å²) in [6.45, 7) is 2.88. The summed E-state index contributed by atoms with van der Waals surface area (Å²) < 4.78 is 3.70. The van der Waals surface area contributed by atoms with Gasteiger partial charge in [0.25, 0.3) is 5.91 Å². The van der Waals surface area contributed by atoms with Crippen molar-refractivity contribution in [1.29, 1.82) is 0 Å². The standard InChI is InChI=1S/C13H13Br2N3O/c1-2-5-18-8-10(15)6-11(18)13(19)17-12-4-3-9(14)7-16-12/h3-4,6-8H,2,5H2,1H3,(H,16,17,19). The van der Waals surface area contributed by atoms with Crippen molar-refractivity contribution in [3.05, 3.63) is 45.2 Å². The molecule has 0 saturated heterocycles. The molecule has 0 aliphatic carbocycles. The predicted molar refractivity (Wildman–Crippen MR) is 82.3 cm³/mol. The Kier molecular flexibility index (Phi) is 4.76. The van der Waals surface area contributed by atoms with Crippen LogP contribution in [0.5, 0.6) is 0 Å². The van der Waals surface area contributed by atoms with E-state index >= 15 is 0 Å². The molecule has 0 saturated carbocycles. The van der Waals surface area contributed by atoms with E-state index in [2.05, 4.69) is 49.1 Å². The number of hydrogen-bond acceptors (Lipinski definition) is 2. The first-order valence-electron chi connectivity index (χ1n) is 5.88. The molecule has 0 aromatic carbocycles. The molecule has 4 nitrogen and oxygen atoms in total. The van der Waals surface area contributed by atoms with Crippen molar-refractivity contribution in [2.24, 2.45) is 0 Å². The number of aromatic nitrogens is 2. The van der Waals surface area contributed by atoms with Gasteiger partial charge in [-0.2, -0.15) is 0 Å². The fourth-order valence-corrected chi connectivity index (χ4v) is 2.42. The highest BCUT2D eigenvalue weighted by Crippen LogP contribution is 2.17. The minimum absolute atomic E-state index is 0.158. The average Bonchev–Trinajstić information content (AvgIpc) is 2.74. The highest BCUT2D eigenvalue weighted by molar-refractivity contribution is 9.10.